The molecule has 5 nitrogen and oxygen atoms in total. The van der Waals surface area contributed by atoms with Crippen LogP contribution in [-0.2, 0) is 6.54 Å². The summed E-state index contributed by atoms with van der Waals surface area (Å²) >= 11 is 0. The molecule has 1 aromatic heterocycles. The lowest BCUT2D eigenvalue weighted by Gasteiger charge is -2.25. The lowest BCUT2D eigenvalue weighted by molar-refractivity contribution is 0.0897. The van der Waals surface area contributed by atoms with Crippen molar-refractivity contribution in [2.45, 2.75) is 60.5 Å². The molecule has 1 aromatic rings. The van der Waals surface area contributed by atoms with Crippen LogP contribution in [0.15, 0.2) is 6.20 Å². The molecule has 0 aliphatic rings. The van der Waals surface area contributed by atoms with Crippen LogP contribution in [0.1, 0.15) is 57.1 Å². The Kier molecular flexibility index (Phi) is 5.96. The lowest BCUT2D eigenvalue weighted by Crippen LogP contribution is -2.40. The maximum absolute atomic E-state index is 12.3. The van der Waals surface area contributed by atoms with E-state index in [4.69, 9.17) is 0 Å². The number of hydrogen-bond acceptors (Lipinski definition) is 3. The average molecular weight is 295 g/mol. The Bertz CT molecular complexity index is 472. The van der Waals surface area contributed by atoms with Gasteiger partial charge in [-0.15, -0.1) is 0 Å². The van der Waals surface area contributed by atoms with Gasteiger partial charge in [-0.2, -0.15) is 5.10 Å². The zero-order valence-corrected chi connectivity index (χ0v) is 14.1. The van der Waals surface area contributed by atoms with Gasteiger partial charge in [0.15, 0.2) is 0 Å². The predicted molar refractivity (Wildman–Crippen MR) is 84.2 cm³/mol. The van der Waals surface area contributed by atoms with Crippen molar-refractivity contribution in [1.29, 1.82) is 0 Å². The molecule has 0 aromatic carbocycles. The Labute approximate surface area is 127 Å². The molecule has 0 spiro atoms. The zero-order chi connectivity index (χ0) is 16.2. The van der Waals surface area contributed by atoms with Crippen LogP contribution < -0.4 is 5.32 Å². The van der Waals surface area contributed by atoms with E-state index in [0.29, 0.717) is 11.5 Å². The van der Waals surface area contributed by atoms with E-state index in [1.807, 2.05) is 11.6 Å². The van der Waals surface area contributed by atoms with Crippen molar-refractivity contribution in [3.8, 4) is 0 Å². The molecule has 2 N–H and O–H groups in total. The van der Waals surface area contributed by atoms with E-state index in [-0.39, 0.29) is 24.0 Å². The van der Waals surface area contributed by atoms with Gasteiger partial charge in [0, 0.05) is 12.2 Å². The van der Waals surface area contributed by atoms with Crippen LogP contribution in [0.4, 0.5) is 0 Å². The first-order valence-electron chi connectivity index (χ1n) is 7.58. The number of aliphatic hydroxyl groups excluding tert-OH is 1. The van der Waals surface area contributed by atoms with E-state index in [0.717, 1.165) is 18.7 Å². The maximum atomic E-state index is 12.3. The standard InChI is InChI=1S/C16H29N3O2/c1-11(2)9-19-12(3)14(8-17-19)15(21)18-13(10-20)7-16(4,5)6/h8,11,13,20H,7,9-10H2,1-6H3,(H,18,21). The summed E-state index contributed by atoms with van der Waals surface area (Å²) < 4.78 is 1.86. The first-order valence-corrected chi connectivity index (χ1v) is 7.58. The van der Waals surface area contributed by atoms with Crippen molar-refractivity contribution in [3.05, 3.63) is 17.5 Å². The molecule has 1 rings (SSSR count). The summed E-state index contributed by atoms with van der Waals surface area (Å²) in [6.07, 6.45) is 2.34. The van der Waals surface area contributed by atoms with Crippen molar-refractivity contribution < 1.29 is 9.90 Å². The Balaban J connectivity index is 2.77. The van der Waals surface area contributed by atoms with Gasteiger partial charge in [-0.3, -0.25) is 9.48 Å². The van der Waals surface area contributed by atoms with E-state index >= 15 is 0 Å². The molecule has 5 heteroatoms. The van der Waals surface area contributed by atoms with Crippen molar-refractivity contribution in [2.24, 2.45) is 11.3 Å². The van der Waals surface area contributed by atoms with E-state index < -0.39 is 0 Å². The highest BCUT2D eigenvalue weighted by atomic mass is 16.3. The molecule has 0 bridgehead atoms. The van der Waals surface area contributed by atoms with Gasteiger partial charge in [-0.1, -0.05) is 34.6 Å². The second-order valence-corrected chi connectivity index (χ2v) is 7.34. The molecule has 0 fully saturated rings. The first-order chi connectivity index (χ1) is 9.64. The third-order valence-electron chi connectivity index (χ3n) is 3.30. The number of nitrogens with zero attached hydrogens (tertiary/aromatic N) is 2. The van der Waals surface area contributed by atoms with Crippen LogP contribution in [0.5, 0.6) is 0 Å². The Hall–Kier alpha value is -1.36. The summed E-state index contributed by atoms with van der Waals surface area (Å²) in [7, 11) is 0. The van der Waals surface area contributed by atoms with Crippen LogP contribution in [0.25, 0.3) is 0 Å². The normalized spacial score (nSPS) is 13.5. The Morgan fingerprint density at radius 1 is 1.43 bits per heavy atom. The zero-order valence-electron chi connectivity index (χ0n) is 14.1. The topological polar surface area (TPSA) is 67.2 Å². The van der Waals surface area contributed by atoms with Crippen molar-refractivity contribution >= 4 is 5.91 Å². The molecule has 21 heavy (non-hydrogen) atoms. The van der Waals surface area contributed by atoms with E-state index in [1.54, 1.807) is 6.20 Å². The summed E-state index contributed by atoms with van der Waals surface area (Å²) in [5.74, 6) is 0.316. The number of aliphatic hydroxyl groups is 1. The van der Waals surface area contributed by atoms with Gasteiger partial charge in [-0.25, -0.2) is 0 Å². The molecule has 0 aliphatic carbocycles. The maximum Gasteiger partial charge on any atom is 0.255 e. The van der Waals surface area contributed by atoms with Crippen LogP contribution in [-0.4, -0.2) is 33.4 Å². The van der Waals surface area contributed by atoms with Gasteiger partial charge >= 0.3 is 0 Å². The van der Waals surface area contributed by atoms with Gasteiger partial charge in [0.1, 0.15) is 0 Å². The molecule has 0 saturated carbocycles. The fourth-order valence-corrected chi connectivity index (χ4v) is 2.36. The SMILES string of the molecule is Cc1c(C(=O)NC(CO)CC(C)(C)C)cnn1CC(C)C. The minimum Gasteiger partial charge on any atom is -0.394 e. The summed E-state index contributed by atoms with van der Waals surface area (Å²) in [5.41, 5.74) is 1.51. The van der Waals surface area contributed by atoms with Crippen molar-refractivity contribution in [2.75, 3.05) is 6.61 Å². The van der Waals surface area contributed by atoms with Crippen molar-refractivity contribution in [1.82, 2.24) is 15.1 Å². The van der Waals surface area contributed by atoms with Gasteiger partial charge in [0.2, 0.25) is 0 Å². The van der Waals surface area contributed by atoms with Gasteiger partial charge in [0.05, 0.1) is 24.4 Å². The van der Waals surface area contributed by atoms with Crippen LogP contribution in [0.2, 0.25) is 0 Å². The monoisotopic (exact) mass is 295 g/mol. The smallest absolute Gasteiger partial charge is 0.255 e. The number of hydrogen-bond donors (Lipinski definition) is 2. The van der Waals surface area contributed by atoms with E-state index in [2.05, 4.69) is 45.0 Å². The molecule has 1 unspecified atom stereocenters. The summed E-state index contributed by atoms with van der Waals surface area (Å²) in [6.45, 7) is 13.2. The summed E-state index contributed by atoms with van der Waals surface area (Å²) in [5, 5.41) is 16.6. The lowest BCUT2D eigenvalue weighted by atomic mass is 9.88. The van der Waals surface area contributed by atoms with E-state index in [1.165, 1.54) is 0 Å². The Morgan fingerprint density at radius 2 is 2.05 bits per heavy atom. The molecule has 120 valence electrons. The number of aromatic nitrogens is 2. The first kappa shape index (κ1) is 17.7. The molecule has 0 radical (unpaired) electrons. The summed E-state index contributed by atoms with van der Waals surface area (Å²) in [4.78, 5) is 12.3. The minimum absolute atomic E-state index is 0.0531. The molecule has 0 aliphatic heterocycles. The van der Waals surface area contributed by atoms with Gasteiger partial charge in [0.25, 0.3) is 5.91 Å². The molecular formula is C16H29N3O2. The molecular weight excluding hydrogens is 266 g/mol. The molecule has 0 saturated heterocycles. The third-order valence-corrected chi connectivity index (χ3v) is 3.30. The highest BCUT2D eigenvalue weighted by molar-refractivity contribution is 5.95. The van der Waals surface area contributed by atoms with E-state index in [9.17, 15) is 9.90 Å². The van der Waals surface area contributed by atoms with Crippen LogP contribution in [0.3, 0.4) is 0 Å². The fraction of sp³-hybridized carbons (Fsp3) is 0.750. The summed E-state index contributed by atoms with van der Waals surface area (Å²) in [6, 6.07) is -0.231. The number of carbonyl (C=O) groups is 1. The average Bonchev–Trinajstić information content (AvgIpc) is 2.67. The highest BCUT2D eigenvalue weighted by Crippen LogP contribution is 2.21. The number of nitrogens with one attached hydrogen (secondary N) is 1. The largest absolute Gasteiger partial charge is 0.394 e. The van der Waals surface area contributed by atoms with Crippen LogP contribution in [0, 0.1) is 18.3 Å². The van der Waals surface area contributed by atoms with Gasteiger partial charge in [-0.05, 0) is 24.7 Å². The fourth-order valence-electron chi connectivity index (χ4n) is 2.36. The quantitative estimate of drug-likeness (QED) is 0.846. The third kappa shape index (κ3) is 5.50. The second-order valence-electron chi connectivity index (χ2n) is 7.34. The predicted octanol–water partition coefficient (Wildman–Crippen LogP) is 2.37. The number of carbonyl (C=O) groups excluding carboxylic acids is 1. The molecule has 1 amide bonds. The second kappa shape index (κ2) is 7.07. The number of rotatable bonds is 6. The molecule has 1 heterocycles. The minimum atomic E-state index is -0.231. The highest BCUT2D eigenvalue weighted by Gasteiger charge is 2.22. The van der Waals surface area contributed by atoms with Crippen LogP contribution >= 0.6 is 0 Å². The number of amides is 1. The Morgan fingerprint density at radius 3 is 2.52 bits per heavy atom. The van der Waals surface area contributed by atoms with Crippen molar-refractivity contribution in [3.63, 3.8) is 0 Å². The molecule has 1 atom stereocenters. The van der Waals surface area contributed by atoms with Gasteiger partial charge < -0.3 is 10.4 Å².